The van der Waals surface area contributed by atoms with Crippen LogP contribution in [0.3, 0.4) is 0 Å². The van der Waals surface area contributed by atoms with Crippen molar-refractivity contribution in [1.82, 2.24) is 4.90 Å². The number of hydrogen-bond donors (Lipinski definition) is 1. The van der Waals surface area contributed by atoms with E-state index in [2.05, 4.69) is 31.0 Å². The lowest BCUT2D eigenvalue weighted by Crippen LogP contribution is -2.27. The summed E-state index contributed by atoms with van der Waals surface area (Å²) in [6.45, 7) is 10.5. The van der Waals surface area contributed by atoms with Gasteiger partial charge in [-0.05, 0) is 43.8 Å². The van der Waals surface area contributed by atoms with Gasteiger partial charge in [0.05, 0.1) is 5.56 Å². The number of esters is 1. The summed E-state index contributed by atoms with van der Waals surface area (Å²) in [7, 11) is 0. The van der Waals surface area contributed by atoms with Crippen LogP contribution in [0.1, 0.15) is 44.0 Å². The zero-order valence-corrected chi connectivity index (χ0v) is 14.7. The first-order valence-corrected chi connectivity index (χ1v) is 7.94. The predicted octanol–water partition coefficient (Wildman–Crippen LogP) is 3.82. The molecule has 1 rings (SSSR count). The summed E-state index contributed by atoms with van der Waals surface area (Å²) < 4.78 is 5.30. The maximum atomic E-state index is 11.9. The molecule has 1 aromatic carbocycles. The second kappa shape index (κ2) is 12.3. The third kappa shape index (κ3) is 7.66. The van der Waals surface area contributed by atoms with Crippen molar-refractivity contribution in [2.45, 2.75) is 33.6 Å². The number of likely N-dealkylation sites (N-methyl/N-ethyl adjacent to an activating group) is 1. The van der Waals surface area contributed by atoms with Crippen molar-refractivity contribution < 1.29 is 9.53 Å². The molecule has 0 aliphatic rings. The van der Waals surface area contributed by atoms with Gasteiger partial charge < -0.3 is 15.0 Å². The number of benzene rings is 1. The fraction of sp³-hybridized carbons (Fsp3) is 0.588. The summed E-state index contributed by atoms with van der Waals surface area (Å²) in [5.41, 5.74) is 1.65. The van der Waals surface area contributed by atoms with Crippen LogP contribution in [-0.4, -0.2) is 43.7 Å². The Morgan fingerprint density at radius 3 is 2.32 bits per heavy atom. The molecule has 126 valence electrons. The van der Waals surface area contributed by atoms with Gasteiger partial charge in [0.2, 0.25) is 0 Å². The Morgan fingerprint density at radius 2 is 1.77 bits per heavy atom. The maximum absolute atomic E-state index is 11.9. The number of nitrogens with zero attached hydrogens (tertiary/aromatic N) is 1. The Morgan fingerprint density at radius 1 is 1.14 bits per heavy atom. The van der Waals surface area contributed by atoms with Crippen LogP contribution < -0.4 is 5.32 Å². The summed E-state index contributed by atoms with van der Waals surface area (Å²) in [4.78, 5) is 14.1. The van der Waals surface area contributed by atoms with Crippen LogP contribution in [-0.2, 0) is 4.74 Å². The zero-order chi connectivity index (χ0) is 15.5. The Kier molecular flexibility index (Phi) is 11.6. The van der Waals surface area contributed by atoms with E-state index < -0.39 is 0 Å². The molecule has 0 radical (unpaired) electrons. The van der Waals surface area contributed by atoms with Crippen molar-refractivity contribution in [1.29, 1.82) is 0 Å². The molecule has 0 spiro atoms. The lowest BCUT2D eigenvalue weighted by Gasteiger charge is -2.17. The third-order valence-corrected chi connectivity index (χ3v) is 3.52. The average Bonchev–Trinajstić information content (AvgIpc) is 2.52. The molecule has 1 N–H and O–H groups in total. The van der Waals surface area contributed by atoms with Gasteiger partial charge in [-0.25, -0.2) is 4.79 Å². The highest BCUT2D eigenvalue weighted by Crippen LogP contribution is 2.10. The van der Waals surface area contributed by atoms with Gasteiger partial charge in [0, 0.05) is 18.8 Å². The molecule has 22 heavy (non-hydrogen) atoms. The van der Waals surface area contributed by atoms with E-state index in [1.807, 2.05) is 24.3 Å². The molecule has 0 fully saturated rings. The van der Waals surface area contributed by atoms with E-state index in [0.717, 1.165) is 38.3 Å². The normalized spacial score (nSPS) is 10.2. The Balaban J connectivity index is 0.00000441. The summed E-state index contributed by atoms with van der Waals surface area (Å²) >= 11 is 0. The number of carbonyl (C=O) groups is 1. The van der Waals surface area contributed by atoms with Gasteiger partial charge >= 0.3 is 5.97 Å². The highest BCUT2D eigenvalue weighted by molar-refractivity contribution is 5.89. The zero-order valence-electron chi connectivity index (χ0n) is 13.9. The highest BCUT2D eigenvalue weighted by atomic mass is 35.5. The van der Waals surface area contributed by atoms with Crippen molar-refractivity contribution in [3.63, 3.8) is 0 Å². The summed E-state index contributed by atoms with van der Waals surface area (Å²) in [6.07, 6.45) is 2.32. The third-order valence-electron chi connectivity index (χ3n) is 3.52. The van der Waals surface area contributed by atoms with Gasteiger partial charge in [-0.15, -0.1) is 12.4 Å². The molecule has 0 unspecified atom stereocenters. The largest absolute Gasteiger partial charge is 0.461 e. The minimum atomic E-state index is -0.248. The van der Waals surface area contributed by atoms with Crippen molar-refractivity contribution in [2.75, 3.05) is 38.1 Å². The minimum absolute atomic E-state index is 0. The monoisotopic (exact) mass is 328 g/mol. The number of unbranched alkanes of at least 4 members (excludes halogenated alkanes) is 1. The van der Waals surface area contributed by atoms with Crippen LogP contribution in [0.5, 0.6) is 0 Å². The number of carbonyl (C=O) groups excluding carboxylic acids is 1. The molecule has 0 heterocycles. The fourth-order valence-corrected chi connectivity index (χ4v) is 2.02. The lowest BCUT2D eigenvalue weighted by atomic mass is 10.2. The molecule has 0 aliphatic carbocycles. The van der Waals surface area contributed by atoms with Crippen LogP contribution in [0, 0.1) is 0 Å². The SMILES string of the molecule is CCCCNc1ccc(C(=O)OCCN(CC)CC)cc1.Cl. The van der Waals surface area contributed by atoms with Gasteiger partial charge in [0.15, 0.2) is 0 Å². The smallest absolute Gasteiger partial charge is 0.338 e. The lowest BCUT2D eigenvalue weighted by molar-refractivity contribution is 0.0466. The molecule has 0 bridgehead atoms. The predicted molar refractivity (Wildman–Crippen MR) is 95.2 cm³/mol. The molecule has 5 heteroatoms. The molecular weight excluding hydrogens is 300 g/mol. The Labute approximate surface area is 140 Å². The number of ether oxygens (including phenoxy) is 1. The van der Waals surface area contributed by atoms with E-state index in [4.69, 9.17) is 4.74 Å². The van der Waals surface area contributed by atoms with Crippen molar-refractivity contribution in [3.8, 4) is 0 Å². The topological polar surface area (TPSA) is 41.6 Å². The van der Waals surface area contributed by atoms with E-state index >= 15 is 0 Å². The number of nitrogens with one attached hydrogen (secondary N) is 1. The van der Waals surface area contributed by atoms with Crippen LogP contribution in [0.15, 0.2) is 24.3 Å². The average molecular weight is 329 g/mol. The van der Waals surface area contributed by atoms with Gasteiger partial charge in [-0.1, -0.05) is 27.2 Å². The molecule has 0 amide bonds. The Hall–Kier alpha value is -1.26. The second-order valence-electron chi connectivity index (χ2n) is 5.02. The van der Waals surface area contributed by atoms with Gasteiger partial charge in [-0.3, -0.25) is 0 Å². The number of rotatable bonds is 10. The Bertz CT molecular complexity index is 406. The summed E-state index contributed by atoms with van der Waals surface area (Å²) in [5, 5.41) is 3.33. The van der Waals surface area contributed by atoms with Crippen molar-refractivity contribution in [2.24, 2.45) is 0 Å². The minimum Gasteiger partial charge on any atom is -0.461 e. The van der Waals surface area contributed by atoms with E-state index in [9.17, 15) is 4.79 Å². The molecule has 1 aromatic rings. The van der Waals surface area contributed by atoms with Crippen LogP contribution in [0.2, 0.25) is 0 Å². The van der Waals surface area contributed by atoms with Crippen molar-refractivity contribution in [3.05, 3.63) is 29.8 Å². The molecule has 0 saturated carbocycles. The second-order valence-corrected chi connectivity index (χ2v) is 5.02. The maximum Gasteiger partial charge on any atom is 0.338 e. The summed E-state index contributed by atoms with van der Waals surface area (Å²) in [5.74, 6) is -0.248. The number of hydrogen-bond acceptors (Lipinski definition) is 4. The first-order valence-electron chi connectivity index (χ1n) is 7.94. The molecule has 4 nitrogen and oxygen atoms in total. The van der Waals surface area contributed by atoms with E-state index in [1.54, 1.807) is 0 Å². The van der Waals surface area contributed by atoms with E-state index in [-0.39, 0.29) is 18.4 Å². The molecule has 0 saturated heterocycles. The van der Waals surface area contributed by atoms with Crippen LogP contribution >= 0.6 is 12.4 Å². The number of halogens is 1. The van der Waals surface area contributed by atoms with Crippen LogP contribution in [0.25, 0.3) is 0 Å². The van der Waals surface area contributed by atoms with Gasteiger partial charge in [0.25, 0.3) is 0 Å². The van der Waals surface area contributed by atoms with Crippen molar-refractivity contribution >= 4 is 24.1 Å². The van der Waals surface area contributed by atoms with Gasteiger partial charge in [-0.2, -0.15) is 0 Å². The molecule has 0 aliphatic heterocycles. The fourth-order valence-electron chi connectivity index (χ4n) is 2.02. The molecule has 0 atom stereocenters. The standard InChI is InChI=1S/C17H28N2O2.ClH/c1-4-7-12-18-16-10-8-15(9-11-16)17(20)21-14-13-19(5-2)6-3;/h8-11,18H,4-7,12-14H2,1-3H3;1H. The quantitative estimate of drug-likeness (QED) is 0.523. The highest BCUT2D eigenvalue weighted by Gasteiger charge is 2.07. The number of anilines is 1. The summed E-state index contributed by atoms with van der Waals surface area (Å²) in [6, 6.07) is 7.48. The molecular formula is C17H29ClN2O2. The van der Waals surface area contributed by atoms with Gasteiger partial charge in [0.1, 0.15) is 6.61 Å². The van der Waals surface area contributed by atoms with E-state index in [0.29, 0.717) is 12.2 Å². The first-order chi connectivity index (χ1) is 10.2. The first kappa shape index (κ1) is 20.7. The van der Waals surface area contributed by atoms with Crippen LogP contribution in [0.4, 0.5) is 5.69 Å². The van der Waals surface area contributed by atoms with E-state index in [1.165, 1.54) is 6.42 Å². The molecule has 0 aromatic heterocycles.